The molecule has 8 atom stereocenters. The van der Waals surface area contributed by atoms with Gasteiger partial charge < -0.3 is 60.6 Å². The highest BCUT2D eigenvalue weighted by molar-refractivity contribution is 7.89. The second-order valence-corrected chi connectivity index (χ2v) is 18.7. The van der Waals surface area contributed by atoms with Crippen molar-refractivity contribution in [3.05, 3.63) is 36.0 Å². The summed E-state index contributed by atoms with van der Waals surface area (Å²) in [7, 11) is -0.216. The van der Waals surface area contributed by atoms with Crippen LogP contribution in [-0.4, -0.2) is 178 Å². The van der Waals surface area contributed by atoms with Gasteiger partial charge in [-0.3, -0.25) is 18.7 Å². The maximum absolute atomic E-state index is 12.8. The third kappa shape index (κ3) is 11.0. The number of aromatic nitrogens is 10. The van der Waals surface area contributed by atoms with Crippen LogP contribution >= 0.6 is 0 Å². The molecule has 3 aliphatic rings. The quantitative estimate of drug-likeness (QED) is 0.0524. The zero-order chi connectivity index (χ0) is 48.9. The maximum atomic E-state index is 12.8. The highest BCUT2D eigenvalue weighted by atomic mass is 32.2. The zero-order valence-corrected chi connectivity index (χ0v) is 39.4. The predicted molar refractivity (Wildman–Crippen MR) is 241 cm³/mol. The number of rotatable bonds is 17. The maximum Gasteiger partial charge on any atom is 0.289 e. The number of anilines is 2. The van der Waals surface area contributed by atoms with Gasteiger partial charge >= 0.3 is 0 Å². The first-order chi connectivity index (χ1) is 32.6. The Balaban J connectivity index is 0.000000201. The summed E-state index contributed by atoms with van der Waals surface area (Å²) in [5.74, 6) is 0.319. The van der Waals surface area contributed by atoms with Gasteiger partial charge in [0.2, 0.25) is 27.6 Å². The number of aryl methyl sites for hydroxylation is 1. The average Bonchev–Trinajstić information content (AvgIpc) is 4.17. The van der Waals surface area contributed by atoms with E-state index in [2.05, 4.69) is 70.9 Å². The number of fused-ring (bicyclic) bond motifs is 2. The van der Waals surface area contributed by atoms with Gasteiger partial charge in [0, 0.05) is 40.2 Å². The molecule has 5 aromatic rings. The molecule has 2 amide bonds. The fraction of sp³-hybridized carbons (Fsp3) is 0.650. The van der Waals surface area contributed by atoms with Crippen LogP contribution in [0, 0.1) is 5.92 Å². The van der Waals surface area contributed by atoms with E-state index in [1.54, 1.807) is 21.0 Å². The first-order valence-electron chi connectivity index (χ1n) is 22.5. The van der Waals surface area contributed by atoms with Gasteiger partial charge in [-0.25, -0.2) is 43.0 Å². The van der Waals surface area contributed by atoms with E-state index in [1.165, 1.54) is 41.1 Å². The number of likely N-dealkylation sites (N-methyl/N-ethyl adjacent to an activating group) is 1. The largest absolute Gasteiger partial charge is 0.387 e. The summed E-state index contributed by atoms with van der Waals surface area (Å²) in [6, 6.07) is 0. The molecule has 0 spiro atoms. The number of carbonyl (C=O) groups is 2. The van der Waals surface area contributed by atoms with Gasteiger partial charge in [-0.05, 0) is 38.8 Å². The Kier molecular flexibility index (Phi) is 16.1. The molecular formula is C40H60N16O11S. The lowest BCUT2D eigenvalue weighted by Gasteiger charge is -2.26. The fourth-order valence-corrected chi connectivity index (χ4v) is 9.40. The number of ether oxygens (including phenoxy) is 2. The van der Waals surface area contributed by atoms with Crippen LogP contribution in [0.2, 0.25) is 0 Å². The number of hydrogen-bond donors (Lipinski definition) is 9. The molecule has 68 heavy (non-hydrogen) atoms. The molecule has 0 bridgehead atoms. The normalized spacial score (nSPS) is 24.3. The van der Waals surface area contributed by atoms with E-state index in [0.717, 1.165) is 19.6 Å². The molecular weight excluding hydrogens is 913 g/mol. The Morgan fingerprint density at radius 3 is 2.06 bits per heavy atom. The Labute approximate surface area is 390 Å². The SMILES string of the molecule is CCNC(=O)[C@H]1O[C@@H](n2cnc3c(NC)nc(C(=O)NCCN4CCCCC4)nc32)[C@H](O)[C@@H]1O.CCc1nc([C@H]2O[C@@H](n3cnc4c(NC)nc(CNS(=O)(=O)CC(C)C)nc43)[C@H](O)[C@@H]2O)no1. The molecule has 372 valence electrons. The highest BCUT2D eigenvalue weighted by Gasteiger charge is 2.49. The highest BCUT2D eigenvalue weighted by Crippen LogP contribution is 2.39. The zero-order valence-electron chi connectivity index (χ0n) is 38.6. The summed E-state index contributed by atoms with van der Waals surface area (Å²) in [4.78, 5) is 57.6. The van der Waals surface area contributed by atoms with Crippen molar-refractivity contribution in [2.45, 2.75) is 109 Å². The molecule has 27 nitrogen and oxygen atoms in total. The predicted octanol–water partition coefficient (Wildman–Crippen LogP) is -1.28. The van der Waals surface area contributed by atoms with Crippen molar-refractivity contribution in [2.24, 2.45) is 5.92 Å². The molecule has 3 aliphatic heterocycles. The first-order valence-corrected chi connectivity index (χ1v) is 24.2. The fourth-order valence-electron chi connectivity index (χ4n) is 8.05. The summed E-state index contributed by atoms with van der Waals surface area (Å²) in [6.07, 6.45) is -3.05. The number of hydrogen-bond acceptors (Lipinski definition) is 22. The van der Waals surface area contributed by atoms with E-state index < -0.39 is 70.9 Å². The number of amides is 2. The van der Waals surface area contributed by atoms with Crippen LogP contribution in [0.5, 0.6) is 0 Å². The number of piperidine rings is 1. The number of nitrogens with one attached hydrogen (secondary N) is 5. The van der Waals surface area contributed by atoms with Crippen molar-refractivity contribution in [2.75, 3.05) is 63.2 Å². The molecule has 28 heteroatoms. The van der Waals surface area contributed by atoms with Crippen LogP contribution in [-0.2, 0) is 37.3 Å². The van der Waals surface area contributed by atoms with Crippen LogP contribution in [0.3, 0.4) is 0 Å². The van der Waals surface area contributed by atoms with Crippen LogP contribution < -0.4 is 26.0 Å². The summed E-state index contributed by atoms with van der Waals surface area (Å²) in [5.41, 5.74) is 1.27. The number of nitrogens with zero attached hydrogens (tertiary/aromatic N) is 11. The molecule has 8 rings (SSSR count). The van der Waals surface area contributed by atoms with Crippen molar-refractivity contribution in [1.29, 1.82) is 0 Å². The van der Waals surface area contributed by atoms with Crippen molar-refractivity contribution in [3.63, 3.8) is 0 Å². The molecule has 0 radical (unpaired) electrons. The van der Waals surface area contributed by atoms with Gasteiger partial charge in [-0.2, -0.15) is 4.98 Å². The molecule has 0 aliphatic carbocycles. The molecule has 3 fully saturated rings. The van der Waals surface area contributed by atoms with Crippen molar-refractivity contribution < 1.29 is 52.4 Å². The van der Waals surface area contributed by atoms with E-state index >= 15 is 0 Å². The van der Waals surface area contributed by atoms with Gasteiger partial charge in [-0.1, -0.05) is 32.3 Å². The van der Waals surface area contributed by atoms with Gasteiger partial charge in [0.15, 0.2) is 58.6 Å². The number of imidazole rings is 2. The van der Waals surface area contributed by atoms with E-state index in [9.17, 15) is 38.4 Å². The summed E-state index contributed by atoms with van der Waals surface area (Å²) in [6.45, 7) is 10.7. The minimum atomic E-state index is -3.51. The minimum absolute atomic E-state index is 0.0245. The average molecular weight is 973 g/mol. The van der Waals surface area contributed by atoms with Crippen molar-refractivity contribution in [3.8, 4) is 0 Å². The molecule has 0 aromatic carbocycles. The molecule has 0 saturated carbocycles. The third-order valence-corrected chi connectivity index (χ3v) is 13.1. The molecule has 3 saturated heterocycles. The monoisotopic (exact) mass is 972 g/mol. The Morgan fingerprint density at radius 2 is 1.44 bits per heavy atom. The molecule has 5 aromatic heterocycles. The second-order valence-electron chi connectivity index (χ2n) is 16.8. The first kappa shape index (κ1) is 50.3. The van der Waals surface area contributed by atoms with Gasteiger partial charge in [0.1, 0.15) is 30.2 Å². The minimum Gasteiger partial charge on any atom is -0.387 e. The topological polar surface area (TPSA) is 357 Å². The van der Waals surface area contributed by atoms with Crippen molar-refractivity contribution >= 4 is 55.8 Å². The number of aliphatic hydroxyl groups is 4. The third-order valence-electron chi connectivity index (χ3n) is 11.4. The number of aliphatic hydroxyl groups excluding tert-OH is 4. The van der Waals surface area contributed by atoms with Gasteiger partial charge in [-0.15, -0.1) is 0 Å². The lowest BCUT2D eigenvalue weighted by Crippen LogP contribution is -2.42. The number of sulfonamides is 1. The van der Waals surface area contributed by atoms with Crippen LogP contribution in [0.25, 0.3) is 22.3 Å². The van der Waals surface area contributed by atoms with E-state index in [-0.39, 0.29) is 47.0 Å². The Hall–Kier alpha value is -5.59. The standard InChI is InChI=1S/C21H32N8O5.C19H28N8O6S/c1-3-23-19(32)15-13(30)14(31)21(34-15)29-11-25-12-16(22-2)26-17(27-18(12)29)20(33)24-7-10-28-8-5-4-6-9-28;1-5-11-25-17(26-33-11)15-13(28)14(29)19(32-15)27-8-21-12-16(20-4)23-10(24-18(12)27)6-22-34(30,31)7-9(2)3/h11,13-15,21,30-31H,3-10H2,1-2H3,(H,23,32)(H,24,33)(H,22,26,27);8-9,13-15,19,22,28-29H,5-7H2,1-4H3,(H,20,23,24)/t13-,14+,15-,21+;13-,14+,15-,19+/m00/s1. The number of carbonyl (C=O) groups excluding carboxylic acids is 2. The van der Waals surface area contributed by atoms with E-state index in [4.69, 9.17) is 14.0 Å². The molecule has 0 unspecified atom stereocenters. The van der Waals surface area contributed by atoms with Crippen LogP contribution in [0.1, 0.15) is 93.7 Å². The van der Waals surface area contributed by atoms with Crippen LogP contribution in [0.15, 0.2) is 17.2 Å². The lowest BCUT2D eigenvalue weighted by atomic mass is 10.1. The Bertz CT molecular complexity index is 2640. The Morgan fingerprint density at radius 1 is 0.809 bits per heavy atom. The van der Waals surface area contributed by atoms with Gasteiger partial charge in [0.25, 0.3) is 11.8 Å². The van der Waals surface area contributed by atoms with Gasteiger partial charge in [0.05, 0.1) is 25.0 Å². The second kappa shape index (κ2) is 21.8. The van der Waals surface area contributed by atoms with E-state index in [0.29, 0.717) is 48.1 Å². The number of likely N-dealkylation sites (tertiary alicyclic amines) is 1. The van der Waals surface area contributed by atoms with Crippen molar-refractivity contribution in [1.82, 2.24) is 69.4 Å². The lowest BCUT2D eigenvalue weighted by molar-refractivity contribution is -0.137. The summed E-state index contributed by atoms with van der Waals surface area (Å²) < 4.78 is 46.5. The summed E-state index contributed by atoms with van der Waals surface area (Å²) in [5, 5.41) is 57.3. The molecule has 8 heterocycles. The molecule has 9 N–H and O–H groups in total. The summed E-state index contributed by atoms with van der Waals surface area (Å²) >= 11 is 0. The smallest absolute Gasteiger partial charge is 0.289 e. The van der Waals surface area contributed by atoms with E-state index in [1.807, 2.05) is 20.8 Å². The van der Waals surface area contributed by atoms with Crippen LogP contribution in [0.4, 0.5) is 11.6 Å².